The van der Waals surface area contributed by atoms with Crippen molar-refractivity contribution in [2.24, 2.45) is 5.73 Å². The summed E-state index contributed by atoms with van der Waals surface area (Å²) in [6, 6.07) is 4.13. The van der Waals surface area contributed by atoms with Crippen LogP contribution in [0.2, 0.25) is 0 Å². The molecule has 1 rings (SSSR count). The Kier molecular flexibility index (Phi) is 4.38. The minimum absolute atomic E-state index is 0.328. The molecule has 0 spiro atoms. The average Bonchev–Trinajstić information content (AvgIpc) is 2.56. The molecule has 1 aromatic rings. The summed E-state index contributed by atoms with van der Waals surface area (Å²) in [6.07, 6.45) is -0.412. The Hall–Kier alpha value is -0.420. The number of hydrogen-bond donors (Lipinski definition) is 2. The van der Waals surface area contributed by atoms with E-state index in [2.05, 4.69) is 16.3 Å². The highest BCUT2D eigenvalue weighted by atomic mass is 32.1. The fraction of sp³-hybridized carbons (Fsp3) is 0.556. The van der Waals surface area contributed by atoms with Crippen molar-refractivity contribution in [2.75, 3.05) is 20.1 Å². The van der Waals surface area contributed by atoms with Gasteiger partial charge in [-0.2, -0.15) is 0 Å². The molecule has 0 saturated heterocycles. The second-order valence-corrected chi connectivity index (χ2v) is 4.20. The molecule has 1 unspecified atom stereocenters. The fourth-order valence-corrected chi connectivity index (χ4v) is 1.95. The smallest absolute Gasteiger partial charge is 0.0789 e. The predicted octanol–water partition coefficient (Wildman–Crippen LogP) is 0.500. The lowest BCUT2D eigenvalue weighted by Crippen LogP contribution is -2.33. The third kappa shape index (κ3) is 3.87. The maximum absolute atomic E-state index is 9.29. The maximum atomic E-state index is 9.29. The van der Waals surface area contributed by atoms with Crippen LogP contribution in [0.25, 0.3) is 0 Å². The highest BCUT2D eigenvalue weighted by Gasteiger charge is 2.06. The molecular formula is C9H16N2OS. The number of likely N-dealkylation sites (N-methyl/N-ethyl adjacent to an activating group) is 1. The highest BCUT2D eigenvalue weighted by molar-refractivity contribution is 7.09. The second-order valence-electron chi connectivity index (χ2n) is 3.17. The molecule has 0 aliphatic carbocycles. The summed E-state index contributed by atoms with van der Waals surface area (Å²) in [7, 11) is 1.98. The van der Waals surface area contributed by atoms with Crippen LogP contribution in [0.5, 0.6) is 0 Å². The van der Waals surface area contributed by atoms with Crippen molar-refractivity contribution in [3.8, 4) is 0 Å². The lowest BCUT2D eigenvalue weighted by Gasteiger charge is -2.18. The van der Waals surface area contributed by atoms with Gasteiger partial charge in [-0.05, 0) is 18.5 Å². The molecule has 1 atom stereocenters. The first-order valence-electron chi connectivity index (χ1n) is 4.31. The van der Waals surface area contributed by atoms with Gasteiger partial charge in [0.1, 0.15) is 0 Å². The van der Waals surface area contributed by atoms with Crippen LogP contribution < -0.4 is 5.73 Å². The van der Waals surface area contributed by atoms with E-state index in [0.29, 0.717) is 13.1 Å². The predicted molar refractivity (Wildman–Crippen MR) is 55.7 cm³/mol. The Bertz CT molecular complexity index is 226. The summed E-state index contributed by atoms with van der Waals surface area (Å²) >= 11 is 1.73. The lowest BCUT2D eigenvalue weighted by atomic mass is 10.3. The molecule has 0 bridgehead atoms. The number of rotatable bonds is 5. The summed E-state index contributed by atoms with van der Waals surface area (Å²) in [5, 5.41) is 11.4. The Labute approximate surface area is 82.8 Å². The largest absolute Gasteiger partial charge is 0.390 e. The van der Waals surface area contributed by atoms with Crippen molar-refractivity contribution in [3.63, 3.8) is 0 Å². The van der Waals surface area contributed by atoms with E-state index in [1.165, 1.54) is 4.88 Å². The Balaban J connectivity index is 2.29. The zero-order chi connectivity index (χ0) is 9.68. The van der Waals surface area contributed by atoms with Crippen molar-refractivity contribution < 1.29 is 5.11 Å². The Morgan fingerprint density at radius 2 is 2.46 bits per heavy atom. The van der Waals surface area contributed by atoms with Gasteiger partial charge in [0, 0.05) is 24.5 Å². The quantitative estimate of drug-likeness (QED) is 0.727. The van der Waals surface area contributed by atoms with E-state index in [1.807, 2.05) is 13.1 Å². The first kappa shape index (κ1) is 10.7. The highest BCUT2D eigenvalue weighted by Crippen LogP contribution is 2.10. The molecule has 3 N–H and O–H groups in total. The van der Waals surface area contributed by atoms with Crippen molar-refractivity contribution in [1.29, 1.82) is 0 Å². The van der Waals surface area contributed by atoms with Gasteiger partial charge >= 0.3 is 0 Å². The van der Waals surface area contributed by atoms with Gasteiger partial charge in [-0.3, -0.25) is 4.90 Å². The molecule has 0 radical (unpaired) electrons. The van der Waals surface area contributed by atoms with E-state index >= 15 is 0 Å². The summed E-state index contributed by atoms with van der Waals surface area (Å²) in [5.74, 6) is 0. The van der Waals surface area contributed by atoms with Gasteiger partial charge in [-0.15, -0.1) is 11.3 Å². The fourth-order valence-electron chi connectivity index (χ4n) is 1.17. The molecule has 1 aromatic heterocycles. The zero-order valence-corrected chi connectivity index (χ0v) is 8.63. The zero-order valence-electron chi connectivity index (χ0n) is 7.81. The monoisotopic (exact) mass is 200 g/mol. The lowest BCUT2D eigenvalue weighted by molar-refractivity contribution is 0.130. The van der Waals surface area contributed by atoms with E-state index in [4.69, 9.17) is 5.73 Å². The van der Waals surface area contributed by atoms with E-state index < -0.39 is 6.10 Å². The number of aliphatic hydroxyl groups is 1. The molecule has 74 valence electrons. The average molecular weight is 200 g/mol. The second kappa shape index (κ2) is 5.34. The first-order valence-corrected chi connectivity index (χ1v) is 5.19. The van der Waals surface area contributed by atoms with E-state index in [-0.39, 0.29) is 0 Å². The molecule has 0 amide bonds. The Morgan fingerprint density at radius 1 is 1.69 bits per heavy atom. The number of nitrogens with two attached hydrogens (primary N) is 1. The first-order chi connectivity index (χ1) is 6.22. The van der Waals surface area contributed by atoms with Gasteiger partial charge in [0.05, 0.1) is 6.10 Å². The molecule has 0 aliphatic rings. The molecule has 0 saturated carbocycles. The van der Waals surface area contributed by atoms with Crippen LogP contribution in [0.1, 0.15) is 4.88 Å². The van der Waals surface area contributed by atoms with Gasteiger partial charge in [-0.1, -0.05) is 6.07 Å². The maximum Gasteiger partial charge on any atom is 0.0789 e. The van der Waals surface area contributed by atoms with Gasteiger partial charge in [0.25, 0.3) is 0 Å². The topological polar surface area (TPSA) is 49.5 Å². The normalized spacial score (nSPS) is 13.5. The van der Waals surface area contributed by atoms with Crippen molar-refractivity contribution in [2.45, 2.75) is 12.6 Å². The molecular weight excluding hydrogens is 184 g/mol. The van der Waals surface area contributed by atoms with E-state index in [0.717, 1.165) is 6.54 Å². The molecule has 3 nitrogen and oxygen atoms in total. The molecule has 0 fully saturated rings. The third-order valence-electron chi connectivity index (χ3n) is 1.80. The van der Waals surface area contributed by atoms with Crippen LogP contribution in [0.3, 0.4) is 0 Å². The summed E-state index contributed by atoms with van der Waals surface area (Å²) < 4.78 is 0. The molecule has 0 aromatic carbocycles. The van der Waals surface area contributed by atoms with Crippen LogP contribution >= 0.6 is 11.3 Å². The van der Waals surface area contributed by atoms with E-state index in [9.17, 15) is 5.11 Å². The Morgan fingerprint density at radius 3 is 3.00 bits per heavy atom. The summed E-state index contributed by atoms with van der Waals surface area (Å²) in [4.78, 5) is 3.38. The molecule has 4 heteroatoms. The standard InChI is InChI=1S/C9H16N2OS/c1-11(6-8(12)5-10)7-9-3-2-4-13-9/h2-4,8,12H,5-7,10H2,1H3. The molecule has 1 heterocycles. The van der Waals surface area contributed by atoms with Crippen LogP contribution in [0, 0.1) is 0 Å². The van der Waals surface area contributed by atoms with Crippen LogP contribution in [0.4, 0.5) is 0 Å². The third-order valence-corrected chi connectivity index (χ3v) is 2.66. The summed E-state index contributed by atoms with van der Waals surface area (Å²) in [5.41, 5.74) is 5.32. The number of hydrogen-bond acceptors (Lipinski definition) is 4. The van der Waals surface area contributed by atoms with E-state index in [1.54, 1.807) is 11.3 Å². The van der Waals surface area contributed by atoms with Crippen LogP contribution in [-0.4, -0.2) is 36.2 Å². The number of nitrogens with zero attached hydrogens (tertiary/aromatic N) is 1. The van der Waals surface area contributed by atoms with Gasteiger partial charge < -0.3 is 10.8 Å². The number of aliphatic hydroxyl groups excluding tert-OH is 1. The van der Waals surface area contributed by atoms with Gasteiger partial charge in [-0.25, -0.2) is 0 Å². The minimum Gasteiger partial charge on any atom is -0.390 e. The minimum atomic E-state index is -0.412. The molecule has 0 aliphatic heterocycles. The van der Waals surface area contributed by atoms with Crippen molar-refractivity contribution in [1.82, 2.24) is 4.90 Å². The van der Waals surface area contributed by atoms with Crippen molar-refractivity contribution in [3.05, 3.63) is 22.4 Å². The summed E-state index contributed by atoms with van der Waals surface area (Å²) in [6.45, 7) is 1.85. The van der Waals surface area contributed by atoms with Crippen LogP contribution in [0.15, 0.2) is 17.5 Å². The van der Waals surface area contributed by atoms with Gasteiger partial charge in [0.2, 0.25) is 0 Å². The van der Waals surface area contributed by atoms with Crippen molar-refractivity contribution >= 4 is 11.3 Å². The molecule has 13 heavy (non-hydrogen) atoms. The van der Waals surface area contributed by atoms with Gasteiger partial charge in [0.15, 0.2) is 0 Å². The SMILES string of the molecule is CN(Cc1cccs1)CC(O)CN. The number of thiophene rings is 1. The van der Waals surface area contributed by atoms with Crippen LogP contribution in [-0.2, 0) is 6.54 Å².